The van der Waals surface area contributed by atoms with Gasteiger partial charge in [0.05, 0.1) is 11.0 Å². The second kappa shape index (κ2) is 8.28. The van der Waals surface area contributed by atoms with Crippen molar-refractivity contribution in [2.45, 2.75) is 19.4 Å². The number of ether oxygens (including phenoxy) is 1. The van der Waals surface area contributed by atoms with Crippen LogP contribution in [0, 0.1) is 10.1 Å². The number of carbonyl (C=O) groups excluding carboxylic acids is 1. The van der Waals surface area contributed by atoms with E-state index in [-0.39, 0.29) is 24.0 Å². The number of rotatable bonds is 7. The maximum absolute atomic E-state index is 11.9. The zero-order valence-corrected chi connectivity index (χ0v) is 14.3. The van der Waals surface area contributed by atoms with Crippen LogP contribution in [-0.4, -0.2) is 35.5 Å². The van der Waals surface area contributed by atoms with Crippen LogP contribution in [0.2, 0.25) is 0 Å². The van der Waals surface area contributed by atoms with E-state index in [0.717, 1.165) is 24.5 Å². The summed E-state index contributed by atoms with van der Waals surface area (Å²) in [5, 5.41) is 13.5. The van der Waals surface area contributed by atoms with Crippen LogP contribution in [0.15, 0.2) is 42.6 Å². The van der Waals surface area contributed by atoms with Gasteiger partial charge in [-0.2, -0.15) is 0 Å². The van der Waals surface area contributed by atoms with Crippen molar-refractivity contribution in [3.05, 3.63) is 58.3 Å². The fourth-order valence-electron chi connectivity index (χ4n) is 2.74. The van der Waals surface area contributed by atoms with Crippen LogP contribution in [-0.2, 0) is 11.3 Å². The molecule has 3 rings (SSSR count). The number of benzene rings is 1. The maximum Gasteiger partial charge on any atom is 0.273 e. The number of nitro benzene ring substituents is 1. The van der Waals surface area contributed by atoms with Crippen molar-refractivity contribution in [1.29, 1.82) is 0 Å². The van der Waals surface area contributed by atoms with Gasteiger partial charge in [0.2, 0.25) is 0 Å². The molecule has 0 unspecified atom stereocenters. The second-order valence-corrected chi connectivity index (χ2v) is 6.04. The SMILES string of the molecule is O=C(COc1cccc([N+](=O)[O-])c1)NCc1ccc(N2CCCC2)nc1. The Balaban J connectivity index is 1.45. The average Bonchev–Trinajstić information content (AvgIpc) is 3.20. The van der Waals surface area contributed by atoms with Crippen molar-refractivity contribution in [2.24, 2.45) is 0 Å². The highest BCUT2D eigenvalue weighted by molar-refractivity contribution is 5.77. The van der Waals surface area contributed by atoms with Crippen LogP contribution < -0.4 is 15.0 Å². The van der Waals surface area contributed by atoms with Crippen molar-refractivity contribution < 1.29 is 14.5 Å². The number of hydrogen-bond donors (Lipinski definition) is 1. The molecule has 26 heavy (non-hydrogen) atoms. The summed E-state index contributed by atoms with van der Waals surface area (Å²) in [5.41, 5.74) is 0.823. The molecule has 0 atom stereocenters. The van der Waals surface area contributed by atoms with Crippen LogP contribution in [0.25, 0.3) is 0 Å². The number of carbonyl (C=O) groups is 1. The Kier molecular flexibility index (Phi) is 5.62. The number of non-ortho nitro benzene ring substituents is 1. The minimum absolute atomic E-state index is 0.0768. The Morgan fingerprint density at radius 1 is 1.27 bits per heavy atom. The predicted molar refractivity (Wildman–Crippen MR) is 96.1 cm³/mol. The number of nitro groups is 1. The lowest BCUT2D eigenvalue weighted by molar-refractivity contribution is -0.384. The number of pyridine rings is 1. The van der Waals surface area contributed by atoms with Gasteiger partial charge in [0.25, 0.3) is 11.6 Å². The topological polar surface area (TPSA) is 97.6 Å². The normalized spacial score (nSPS) is 13.5. The third-order valence-electron chi connectivity index (χ3n) is 4.13. The molecular weight excluding hydrogens is 336 g/mol. The molecule has 2 heterocycles. The van der Waals surface area contributed by atoms with E-state index in [4.69, 9.17) is 4.74 Å². The Morgan fingerprint density at radius 2 is 2.08 bits per heavy atom. The van der Waals surface area contributed by atoms with Crippen LogP contribution in [0.3, 0.4) is 0 Å². The number of nitrogens with one attached hydrogen (secondary N) is 1. The number of anilines is 1. The molecule has 1 amide bonds. The van der Waals surface area contributed by atoms with Gasteiger partial charge in [-0.25, -0.2) is 4.98 Å². The van der Waals surface area contributed by atoms with Crippen LogP contribution >= 0.6 is 0 Å². The van der Waals surface area contributed by atoms with Gasteiger partial charge in [-0.1, -0.05) is 12.1 Å². The molecule has 2 aromatic rings. The molecule has 1 aliphatic rings. The van der Waals surface area contributed by atoms with E-state index in [1.54, 1.807) is 12.3 Å². The van der Waals surface area contributed by atoms with Crippen molar-refractivity contribution in [3.63, 3.8) is 0 Å². The number of nitrogens with zero attached hydrogens (tertiary/aromatic N) is 3. The largest absolute Gasteiger partial charge is 0.484 e. The van der Waals surface area contributed by atoms with E-state index in [1.807, 2.05) is 12.1 Å². The lowest BCUT2D eigenvalue weighted by Gasteiger charge is -2.16. The molecule has 1 aromatic carbocycles. The summed E-state index contributed by atoms with van der Waals surface area (Å²) in [4.78, 5) is 28.8. The summed E-state index contributed by atoms with van der Waals surface area (Å²) in [5.74, 6) is 0.942. The predicted octanol–water partition coefficient (Wildman–Crippen LogP) is 2.29. The molecule has 0 radical (unpaired) electrons. The highest BCUT2D eigenvalue weighted by atomic mass is 16.6. The van der Waals surface area contributed by atoms with Crippen molar-refractivity contribution in [1.82, 2.24) is 10.3 Å². The number of amides is 1. The zero-order valence-electron chi connectivity index (χ0n) is 14.3. The average molecular weight is 356 g/mol. The van der Waals surface area contributed by atoms with Gasteiger partial charge in [0, 0.05) is 31.9 Å². The van der Waals surface area contributed by atoms with Gasteiger partial charge in [-0.3, -0.25) is 14.9 Å². The molecule has 1 aliphatic heterocycles. The lowest BCUT2D eigenvalue weighted by atomic mass is 10.2. The van der Waals surface area contributed by atoms with E-state index in [1.165, 1.54) is 31.0 Å². The molecule has 136 valence electrons. The van der Waals surface area contributed by atoms with Gasteiger partial charge < -0.3 is 15.0 Å². The summed E-state index contributed by atoms with van der Waals surface area (Å²) in [6.45, 7) is 2.22. The minimum Gasteiger partial charge on any atom is -0.484 e. The number of hydrogen-bond acceptors (Lipinski definition) is 6. The quantitative estimate of drug-likeness (QED) is 0.604. The summed E-state index contributed by atoms with van der Waals surface area (Å²) in [7, 11) is 0. The molecule has 8 nitrogen and oxygen atoms in total. The van der Waals surface area contributed by atoms with E-state index in [2.05, 4.69) is 15.2 Å². The summed E-state index contributed by atoms with van der Waals surface area (Å²) < 4.78 is 5.29. The standard InChI is InChI=1S/C18H20N4O4/c23-18(13-26-16-5-3-4-15(10-16)22(24)25)20-12-14-6-7-17(19-11-14)21-8-1-2-9-21/h3-7,10-11H,1-2,8-9,12-13H2,(H,20,23). The fraction of sp³-hybridized carbons (Fsp3) is 0.333. The van der Waals surface area contributed by atoms with Crippen LogP contribution in [0.4, 0.5) is 11.5 Å². The van der Waals surface area contributed by atoms with Gasteiger partial charge >= 0.3 is 0 Å². The zero-order chi connectivity index (χ0) is 18.4. The third-order valence-corrected chi connectivity index (χ3v) is 4.13. The van der Waals surface area contributed by atoms with Crippen LogP contribution in [0.5, 0.6) is 5.75 Å². The summed E-state index contributed by atoms with van der Waals surface area (Å²) >= 11 is 0. The first-order valence-electron chi connectivity index (χ1n) is 8.45. The molecule has 1 fully saturated rings. The Bertz CT molecular complexity index is 773. The highest BCUT2D eigenvalue weighted by Crippen LogP contribution is 2.19. The minimum atomic E-state index is -0.508. The van der Waals surface area contributed by atoms with Gasteiger partial charge in [0.1, 0.15) is 11.6 Å². The Labute approximate surface area is 150 Å². The lowest BCUT2D eigenvalue weighted by Crippen LogP contribution is -2.28. The van der Waals surface area contributed by atoms with E-state index < -0.39 is 4.92 Å². The van der Waals surface area contributed by atoms with Gasteiger partial charge in [-0.05, 0) is 30.5 Å². The molecular formula is C18H20N4O4. The van der Waals surface area contributed by atoms with Gasteiger partial charge in [-0.15, -0.1) is 0 Å². The first-order chi connectivity index (χ1) is 12.6. The summed E-state index contributed by atoms with van der Waals surface area (Å²) in [6, 6.07) is 9.65. The van der Waals surface area contributed by atoms with Crippen molar-refractivity contribution >= 4 is 17.4 Å². The molecule has 0 bridgehead atoms. The van der Waals surface area contributed by atoms with Crippen molar-refractivity contribution in [2.75, 3.05) is 24.6 Å². The fourth-order valence-corrected chi connectivity index (χ4v) is 2.74. The van der Waals surface area contributed by atoms with E-state index >= 15 is 0 Å². The summed E-state index contributed by atoms with van der Waals surface area (Å²) in [6.07, 6.45) is 4.16. The third kappa shape index (κ3) is 4.69. The van der Waals surface area contributed by atoms with Gasteiger partial charge in [0.15, 0.2) is 6.61 Å². The smallest absolute Gasteiger partial charge is 0.273 e. The molecule has 1 aromatic heterocycles. The van der Waals surface area contributed by atoms with E-state index in [0.29, 0.717) is 6.54 Å². The highest BCUT2D eigenvalue weighted by Gasteiger charge is 2.13. The molecule has 1 N–H and O–H groups in total. The molecule has 1 saturated heterocycles. The molecule has 0 saturated carbocycles. The first kappa shape index (κ1) is 17.7. The number of aromatic nitrogens is 1. The van der Waals surface area contributed by atoms with Crippen molar-refractivity contribution in [3.8, 4) is 5.75 Å². The Morgan fingerprint density at radius 3 is 2.77 bits per heavy atom. The Hall–Kier alpha value is -3.16. The van der Waals surface area contributed by atoms with Crippen LogP contribution in [0.1, 0.15) is 18.4 Å². The first-order valence-corrected chi connectivity index (χ1v) is 8.45. The molecule has 0 spiro atoms. The van der Waals surface area contributed by atoms with E-state index in [9.17, 15) is 14.9 Å². The monoisotopic (exact) mass is 356 g/mol. The molecule has 8 heteroatoms. The maximum atomic E-state index is 11.9. The molecule has 0 aliphatic carbocycles. The second-order valence-electron chi connectivity index (χ2n) is 6.04.